The first kappa shape index (κ1) is 20.6. The molecule has 1 aromatic heterocycles. The zero-order valence-corrected chi connectivity index (χ0v) is 15.7. The molecule has 0 aliphatic carbocycles. The van der Waals surface area contributed by atoms with Crippen molar-refractivity contribution in [3.63, 3.8) is 0 Å². The van der Waals surface area contributed by atoms with Gasteiger partial charge in [-0.05, 0) is 29.8 Å². The van der Waals surface area contributed by atoms with Crippen LogP contribution >= 0.6 is 0 Å². The summed E-state index contributed by atoms with van der Waals surface area (Å²) in [5, 5.41) is 0. The lowest BCUT2D eigenvalue weighted by Crippen LogP contribution is -2.38. The first-order valence-electron chi connectivity index (χ1n) is 8.71. The highest BCUT2D eigenvalue weighted by atomic mass is 16.5. The van der Waals surface area contributed by atoms with Crippen molar-refractivity contribution in [3.8, 4) is 5.75 Å². The van der Waals surface area contributed by atoms with Crippen LogP contribution in [0, 0.1) is 0 Å². The molecular formula is C22H23N3O3. The molecule has 3 rings (SSSR count). The number of benzene rings is 2. The van der Waals surface area contributed by atoms with Crippen molar-refractivity contribution in [1.82, 2.24) is 9.88 Å². The molecule has 6 heteroatoms. The number of pyridine rings is 1. The molecule has 0 aliphatic rings. The van der Waals surface area contributed by atoms with Gasteiger partial charge in [-0.25, -0.2) is 0 Å². The fourth-order valence-corrected chi connectivity index (χ4v) is 2.41. The molecule has 0 bridgehead atoms. The Kier molecular flexibility index (Phi) is 8.20. The van der Waals surface area contributed by atoms with E-state index in [1.165, 1.54) is 11.1 Å². The molecule has 0 aliphatic heterocycles. The van der Waals surface area contributed by atoms with E-state index in [1.54, 1.807) is 31.4 Å². The third-order valence-corrected chi connectivity index (χ3v) is 3.69. The Bertz CT molecular complexity index is 844. The van der Waals surface area contributed by atoms with Gasteiger partial charge in [0, 0.05) is 12.7 Å². The quantitative estimate of drug-likeness (QED) is 0.716. The van der Waals surface area contributed by atoms with E-state index in [4.69, 9.17) is 10.5 Å². The number of rotatable bonds is 6. The standard InChI is InChI=1S/C16H17N3O3.C6H6/c1-22-13-6-4-5-12(9-13)10-19(11-15(17)20)16(21)14-7-2-3-8-18-14;1-2-4-6-5-3-1/h2-9H,10-11H2,1H3,(H2,17,20);1-6H. The minimum absolute atomic E-state index is 0.174. The van der Waals surface area contributed by atoms with Crippen LogP contribution in [0.15, 0.2) is 85.1 Å². The lowest BCUT2D eigenvalue weighted by molar-refractivity contribution is -0.118. The molecule has 2 aromatic carbocycles. The van der Waals surface area contributed by atoms with Gasteiger partial charge in [0.25, 0.3) is 5.91 Å². The summed E-state index contributed by atoms with van der Waals surface area (Å²) in [5.74, 6) is -0.240. The SMILES string of the molecule is COc1cccc(CN(CC(N)=O)C(=O)c2ccccn2)c1.c1ccccc1. The molecular weight excluding hydrogens is 354 g/mol. The molecule has 28 heavy (non-hydrogen) atoms. The third-order valence-electron chi connectivity index (χ3n) is 3.69. The minimum atomic E-state index is -0.577. The summed E-state index contributed by atoms with van der Waals surface area (Å²) < 4.78 is 5.16. The normalized spacial score (nSPS) is 9.61. The van der Waals surface area contributed by atoms with Crippen molar-refractivity contribution >= 4 is 11.8 Å². The van der Waals surface area contributed by atoms with Crippen LogP contribution in [-0.4, -0.2) is 35.4 Å². The Morgan fingerprint density at radius 1 is 0.964 bits per heavy atom. The van der Waals surface area contributed by atoms with E-state index in [0.29, 0.717) is 5.75 Å². The summed E-state index contributed by atoms with van der Waals surface area (Å²) in [5.41, 5.74) is 6.35. The molecule has 6 nitrogen and oxygen atoms in total. The smallest absolute Gasteiger partial charge is 0.273 e. The van der Waals surface area contributed by atoms with Crippen molar-refractivity contribution in [2.45, 2.75) is 6.54 Å². The Balaban J connectivity index is 0.000000397. The largest absolute Gasteiger partial charge is 0.497 e. The maximum Gasteiger partial charge on any atom is 0.273 e. The molecule has 0 spiro atoms. The Morgan fingerprint density at radius 3 is 2.18 bits per heavy atom. The Morgan fingerprint density at radius 2 is 1.64 bits per heavy atom. The van der Waals surface area contributed by atoms with E-state index >= 15 is 0 Å². The number of carbonyl (C=O) groups excluding carboxylic acids is 2. The number of methoxy groups -OCH3 is 1. The molecule has 0 radical (unpaired) electrons. The highest BCUT2D eigenvalue weighted by molar-refractivity contribution is 5.94. The summed E-state index contributed by atoms with van der Waals surface area (Å²) in [6.07, 6.45) is 1.53. The second-order valence-corrected chi connectivity index (χ2v) is 5.85. The number of ether oxygens (including phenoxy) is 1. The van der Waals surface area contributed by atoms with E-state index in [1.807, 2.05) is 54.6 Å². The van der Waals surface area contributed by atoms with Gasteiger partial charge in [-0.3, -0.25) is 14.6 Å². The third kappa shape index (κ3) is 6.92. The van der Waals surface area contributed by atoms with Gasteiger partial charge in [0.2, 0.25) is 5.91 Å². The highest BCUT2D eigenvalue weighted by Crippen LogP contribution is 2.15. The number of aromatic nitrogens is 1. The van der Waals surface area contributed by atoms with Crippen molar-refractivity contribution in [1.29, 1.82) is 0 Å². The predicted molar refractivity (Wildman–Crippen MR) is 108 cm³/mol. The van der Waals surface area contributed by atoms with Crippen LogP contribution in [0.5, 0.6) is 5.75 Å². The van der Waals surface area contributed by atoms with Gasteiger partial charge in [0.15, 0.2) is 0 Å². The molecule has 0 saturated carbocycles. The summed E-state index contributed by atoms with van der Waals surface area (Å²) >= 11 is 0. The predicted octanol–water partition coefficient (Wildman–Crippen LogP) is 2.90. The molecule has 1 heterocycles. The summed E-state index contributed by atoms with van der Waals surface area (Å²) in [6, 6.07) is 24.3. The van der Waals surface area contributed by atoms with Gasteiger partial charge in [-0.15, -0.1) is 0 Å². The minimum Gasteiger partial charge on any atom is -0.497 e. The first-order chi connectivity index (χ1) is 13.6. The van der Waals surface area contributed by atoms with Crippen LogP contribution < -0.4 is 10.5 Å². The van der Waals surface area contributed by atoms with Crippen molar-refractivity contribution < 1.29 is 14.3 Å². The van der Waals surface area contributed by atoms with E-state index in [0.717, 1.165) is 5.56 Å². The number of nitrogens with zero attached hydrogens (tertiary/aromatic N) is 2. The van der Waals surface area contributed by atoms with Crippen molar-refractivity contribution in [3.05, 3.63) is 96.3 Å². The Labute approximate surface area is 164 Å². The molecule has 2 amide bonds. The summed E-state index contributed by atoms with van der Waals surface area (Å²) in [7, 11) is 1.57. The number of hydrogen-bond donors (Lipinski definition) is 1. The number of primary amides is 1. The van der Waals surface area contributed by atoms with Gasteiger partial charge in [-0.2, -0.15) is 0 Å². The van der Waals surface area contributed by atoms with Crippen molar-refractivity contribution in [2.75, 3.05) is 13.7 Å². The lowest BCUT2D eigenvalue weighted by atomic mass is 10.2. The molecule has 0 atom stereocenters. The lowest BCUT2D eigenvalue weighted by Gasteiger charge is -2.21. The zero-order valence-electron chi connectivity index (χ0n) is 15.7. The van der Waals surface area contributed by atoms with E-state index < -0.39 is 5.91 Å². The van der Waals surface area contributed by atoms with Gasteiger partial charge in [0.05, 0.1) is 7.11 Å². The van der Waals surface area contributed by atoms with Gasteiger partial charge >= 0.3 is 0 Å². The van der Waals surface area contributed by atoms with Crippen molar-refractivity contribution in [2.24, 2.45) is 5.73 Å². The maximum absolute atomic E-state index is 12.5. The van der Waals surface area contributed by atoms with E-state index in [-0.39, 0.29) is 24.7 Å². The molecule has 2 N–H and O–H groups in total. The van der Waals surface area contributed by atoms with Crippen LogP contribution in [0.2, 0.25) is 0 Å². The van der Waals surface area contributed by atoms with Gasteiger partial charge in [-0.1, -0.05) is 54.6 Å². The second kappa shape index (κ2) is 11.1. The molecule has 0 unspecified atom stereocenters. The average molecular weight is 377 g/mol. The highest BCUT2D eigenvalue weighted by Gasteiger charge is 2.19. The Hall–Kier alpha value is -3.67. The van der Waals surface area contributed by atoms with Crippen LogP contribution in [0.4, 0.5) is 0 Å². The zero-order chi connectivity index (χ0) is 20.2. The van der Waals surface area contributed by atoms with Crippen LogP contribution in [-0.2, 0) is 11.3 Å². The summed E-state index contributed by atoms with van der Waals surface area (Å²) in [6.45, 7) is 0.0716. The van der Waals surface area contributed by atoms with Gasteiger partial charge < -0.3 is 15.4 Å². The number of carbonyl (C=O) groups is 2. The number of amides is 2. The van der Waals surface area contributed by atoms with Gasteiger partial charge in [0.1, 0.15) is 18.0 Å². The molecule has 0 fully saturated rings. The molecule has 144 valence electrons. The molecule has 3 aromatic rings. The van der Waals surface area contributed by atoms with Crippen LogP contribution in [0.3, 0.4) is 0 Å². The summed E-state index contributed by atoms with van der Waals surface area (Å²) in [4.78, 5) is 29.1. The van der Waals surface area contributed by atoms with Crippen LogP contribution in [0.1, 0.15) is 16.1 Å². The second-order valence-electron chi connectivity index (χ2n) is 5.85. The average Bonchev–Trinajstić information content (AvgIpc) is 2.75. The molecule has 0 saturated heterocycles. The first-order valence-corrected chi connectivity index (χ1v) is 8.71. The van der Waals surface area contributed by atoms with E-state index in [9.17, 15) is 9.59 Å². The fourth-order valence-electron chi connectivity index (χ4n) is 2.41. The van der Waals surface area contributed by atoms with Crippen LogP contribution in [0.25, 0.3) is 0 Å². The fraction of sp³-hybridized carbons (Fsp3) is 0.136. The topological polar surface area (TPSA) is 85.5 Å². The van der Waals surface area contributed by atoms with E-state index in [2.05, 4.69) is 4.98 Å². The maximum atomic E-state index is 12.5. The monoisotopic (exact) mass is 377 g/mol. The number of hydrogen-bond acceptors (Lipinski definition) is 4. The number of nitrogens with two attached hydrogens (primary N) is 1.